The molecule has 5 heteroatoms. The van der Waals surface area contributed by atoms with E-state index in [-0.39, 0.29) is 11.3 Å². The molecule has 1 heterocycles. The lowest BCUT2D eigenvalue weighted by Crippen LogP contribution is -2.40. The number of rotatable bonds is 3. The zero-order chi connectivity index (χ0) is 17.1. The zero-order valence-electron chi connectivity index (χ0n) is 13.4. The molecule has 0 aliphatic carbocycles. The van der Waals surface area contributed by atoms with Crippen LogP contribution in [0.1, 0.15) is 20.8 Å². The number of nitrogens with zero attached hydrogens (tertiary/aromatic N) is 1. The predicted molar refractivity (Wildman–Crippen MR) is 88.2 cm³/mol. The monoisotopic (exact) mass is 322 g/mol. The number of pyridine rings is 1. The number of carbonyl (C=O) groups is 2. The molecule has 0 amide bonds. The first-order valence-electron chi connectivity index (χ1n) is 7.37. The minimum atomic E-state index is -0.606. The Hall–Kier alpha value is -3.21. The number of benzene rings is 2. The van der Waals surface area contributed by atoms with Gasteiger partial charge in [0.15, 0.2) is 6.20 Å². The normalized spacial score (nSPS) is 10.4. The Balaban J connectivity index is 2.47. The maximum Gasteiger partial charge on any atom is 0.404 e. The van der Waals surface area contributed by atoms with Crippen molar-refractivity contribution in [2.24, 2.45) is 0 Å². The van der Waals surface area contributed by atoms with Gasteiger partial charge in [-0.15, -0.1) is 0 Å². The van der Waals surface area contributed by atoms with Crippen LogP contribution in [-0.2, 0) is 9.47 Å². The van der Waals surface area contributed by atoms with Gasteiger partial charge in [-0.05, 0) is 6.07 Å². The Labute approximate surface area is 139 Å². The Bertz CT molecular complexity index is 919. The smallest absolute Gasteiger partial charge is 0.404 e. The van der Waals surface area contributed by atoms with Gasteiger partial charge in [-0.1, -0.05) is 36.4 Å². The number of hydrogen-bond donors (Lipinski definition) is 0. The number of ether oxygens (including phenoxy) is 2. The molecule has 0 bridgehead atoms. The summed E-state index contributed by atoms with van der Waals surface area (Å²) in [5.74, 6) is -1.19. The summed E-state index contributed by atoms with van der Waals surface area (Å²) in [6.45, 7) is 0. The molecular weight excluding hydrogens is 306 g/mol. The predicted octanol–water partition coefficient (Wildman–Crippen LogP) is 2.69. The highest BCUT2D eigenvalue weighted by atomic mass is 16.5. The van der Waals surface area contributed by atoms with E-state index >= 15 is 0 Å². The molecule has 1 aromatic heterocycles. The van der Waals surface area contributed by atoms with Crippen molar-refractivity contribution >= 4 is 22.7 Å². The van der Waals surface area contributed by atoms with Crippen molar-refractivity contribution < 1.29 is 23.6 Å². The number of carbonyl (C=O) groups excluding carboxylic acids is 2. The van der Waals surface area contributed by atoms with E-state index in [1.165, 1.54) is 14.2 Å². The van der Waals surface area contributed by atoms with Gasteiger partial charge in [-0.3, -0.25) is 0 Å². The minimum Gasteiger partial charge on any atom is -0.465 e. The van der Waals surface area contributed by atoms with Gasteiger partial charge in [-0.2, -0.15) is 4.57 Å². The van der Waals surface area contributed by atoms with Gasteiger partial charge < -0.3 is 9.47 Å². The molecule has 24 heavy (non-hydrogen) atoms. The maximum atomic E-state index is 12.4. The molecule has 0 fully saturated rings. The quantitative estimate of drug-likeness (QED) is 0.549. The third kappa shape index (κ3) is 2.60. The summed E-state index contributed by atoms with van der Waals surface area (Å²) in [5, 5.41) is 1.45. The zero-order valence-corrected chi connectivity index (χ0v) is 13.4. The fourth-order valence-corrected chi connectivity index (χ4v) is 2.69. The van der Waals surface area contributed by atoms with E-state index in [9.17, 15) is 9.59 Å². The van der Waals surface area contributed by atoms with E-state index in [0.717, 1.165) is 11.1 Å². The number of fused-ring (bicyclic) bond motifs is 1. The summed E-state index contributed by atoms with van der Waals surface area (Å²) in [6.07, 6.45) is 1.81. The van der Waals surface area contributed by atoms with Crippen LogP contribution in [0, 0.1) is 0 Å². The van der Waals surface area contributed by atoms with Crippen molar-refractivity contribution in [2.75, 3.05) is 14.2 Å². The summed E-state index contributed by atoms with van der Waals surface area (Å²) in [7, 11) is 2.58. The molecule has 0 saturated carbocycles. The summed E-state index contributed by atoms with van der Waals surface area (Å²) in [6, 6.07) is 16.6. The molecule has 3 aromatic rings. The summed E-state index contributed by atoms with van der Waals surface area (Å²) in [5.41, 5.74) is 1.06. The molecule has 0 saturated heterocycles. The lowest BCUT2D eigenvalue weighted by atomic mass is 10.0. The van der Waals surface area contributed by atoms with Crippen LogP contribution in [0.4, 0.5) is 0 Å². The Morgan fingerprint density at radius 2 is 1.46 bits per heavy atom. The number of aromatic nitrogens is 1. The molecule has 5 nitrogen and oxygen atoms in total. The molecule has 120 valence electrons. The average molecular weight is 322 g/mol. The molecule has 0 spiro atoms. The van der Waals surface area contributed by atoms with Crippen molar-refractivity contribution in [3.63, 3.8) is 0 Å². The lowest BCUT2D eigenvalue weighted by molar-refractivity contribution is -0.597. The van der Waals surface area contributed by atoms with E-state index in [0.29, 0.717) is 5.39 Å². The van der Waals surface area contributed by atoms with Crippen LogP contribution in [0.25, 0.3) is 16.5 Å². The molecule has 0 atom stereocenters. The standard InChI is InChI=1S/C19H16NO4/c1-23-18(21)16-15-11-7-6-8-13(15)12-20(17(16)19(22)24-2)14-9-4-3-5-10-14/h3-12H,1-2H3/q+1. The summed E-state index contributed by atoms with van der Waals surface area (Å²) >= 11 is 0. The largest absolute Gasteiger partial charge is 0.465 e. The number of para-hydroxylation sites is 1. The topological polar surface area (TPSA) is 56.5 Å². The van der Waals surface area contributed by atoms with Crippen LogP contribution >= 0.6 is 0 Å². The molecule has 0 N–H and O–H groups in total. The van der Waals surface area contributed by atoms with Crippen LogP contribution in [0.15, 0.2) is 60.8 Å². The highest BCUT2D eigenvalue weighted by molar-refractivity contribution is 6.10. The van der Waals surface area contributed by atoms with Gasteiger partial charge in [0.1, 0.15) is 5.56 Å². The van der Waals surface area contributed by atoms with Crippen LogP contribution in [-0.4, -0.2) is 26.2 Å². The van der Waals surface area contributed by atoms with E-state index in [1.54, 1.807) is 10.6 Å². The Morgan fingerprint density at radius 3 is 2.12 bits per heavy atom. The van der Waals surface area contributed by atoms with Gasteiger partial charge in [0.05, 0.1) is 14.2 Å². The van der Waals surface area contributed by atoms with Crippen molar-refractivity contribution in [2.45, 2.75) is 0 Å². The fourth-order valence-electron chi connectivity index (χ4n) is 2.69. The number of hydrogen-bond acceptors (Lipinski definition) is 4. The second-order valence-electron chi connectivity index (χ2n) is 5.13. The molecule has 0 aliphatic heterocycles. The van der Waals surface area contributed by atoms with E-state index in [2.05, 4.69) is 0 Å². The van der Waals surface area contributed by atoms with E-state index < -0.39 is 11.9 Å². The Kier molecular flexibility index (Phi) is 4.24. The highest BCUT2D eigenvalue weighted by Gasteiger charge is 2.33. The van der Waals surface area contributed by atoms with Crippen LogP contribution in [0.5, 0.6) is 0 Å². The van der Waals surface area contributed by atoms with Gasteiger partial charge in [0.2, 0.25) is 5.69 Å². The second-order valence-corrected chi connectivity index (χ2v) is 5.13. The summed E-state index contributed by atoms with van der Waals surface area (Å²) in [4.78, 5) is 24.9. The van der Waals surface area contributed by atoms with E-state index in [1.807, 2.05) is 54.7 Å². The minimum absolute atomic E-state index is 0.134. The van der Waals surface area contributed by atoms with Crippen molar-refractivity contribution in [3.05, 3.63) is 72.1 Å². The third-order valence-electron chi connectivity index (χ3n) is 3.78. The SMILES string of the molecule is COC(=O)c1c(C(=O)OC)[n+](-c2ccccc2)cc2ccccc12. The summed E-state index contributed by atoms with van der Waals surface area (Å²) < 4.78 is 11.5. The van der Waals surface area contributed by atoms with Gasteiger partial charge in [0.25, 0.3) is 0 Å². The highest BCUT2D eigenvalue weighted by Crippen LogP contribution is 2.22. The van der Waals surface area contributed by atoms with Gasteiger partial charge in [0, 0.05) is 22.9 Å². The van der Waals surface area contributed by atoms with Crippen molar-refractivity contribution in [1.29, 1.82) is 0 Å². The maximum absolute atomic E-state index is 12.4. The van der Waals surface area contributed by atoms with E-state index in [4.69, 9.17) is 9.47 Å². The number of methoxy groups -OCH3 is 2. The molecule has 3 rings (SSSR count). The van der Waals surface area contributed by atoms with Gasteiger partial charge in [-0.25, -0.2) is 9.59 Å². The molecule has 0 aliphatic rings. The number of esters is 2. The van der Waals surface area contributed by atoms with Crippen molar-refractivity contribution in [1.82, 2.24) is 0 Å². The first kappa shape index (κ1) is 15.7. The average Bonchev–Trinajstić information content (AvgIpc) is 2.65. The fraction of sp³-hybridized carbons (Fsp3) is 0.105. The molecular formula is C19H16NO4+. The first-order chi connectivity index (χ1) is 11.7. The second kappa shape index (κ2) is 6.50. The lowest BCUT2D eigenvalue weighted by Gasteiger charge is -2.09. The Morgan fingerprint density at radius 1 is 0.833 bits per heavy atom. The van der Waals surface area contributed by atoms with Crippen LogP contribution in [0.3, 0.4) is 0 Å². The molecule has 2 aromatic carbocycles. The molecule has 0 unspecified atom stereocenters. The third-order valence-corrected chi connectivity index (χ3v) is 3.78. The molecule has 0 radical (unpaired) electrons. The first-order valence-corrected chi connectivity index (χ1v) is 7.37. The van der Waals surface area contributed by atoms with Crippen LogP contribution in [0.2, 0.25) is 0 Å². The van der Waals surface area contributed by atoms with Crippen LogP contribution < -0.4 is 4.57 Å². The van der Waals surface area contributed by atoms with Crippen molar-refractivity contribution in [3.8, 4) is 5.69 Å². The van der Waals surface area contributed by atoms with Gasteiger partial charge >= 0.3 is 17.6 Å².